The van der Waals surface area contributed by atoms with Crippen molar-refractivity contribution in [2.24, 2.45) is 11.0 Å². The van der Waals surface area contributed by atoms with Gasteiger partial charge in [-0.2, -0.15) is 5.10 Å². The Morgan fingerprint density at radius 2 is 1.86 bits per heavy atom. The van der Waals surface area contributed by atoms with E-state index in [2.05, 4.69) is 22.7 Å². The van der Waals surface area contributed by atoms with Crippen molar-refractivity contribution < 1.29 is 4.79 Å². The molecule has 3 heteroatoms. The number of carbonyl (C=O) groups excluding carboxylic acids is 1. The van der Waals surface area contributed by atoms with E-state index in [1.54, 1.807) is 6.21 Å². The van der Waals surface area contributed by atoms with Crippen molar-refractivity contribution in [2.45, 2.75) is 19.3 Å². The molecule has 0 spiro atoms. The monoisotopic (exact) mass is 278 g/mol. The minimum atomic E-state index is 0.00668. The summed E-state index contributed by atoms with van der Waals surface area (Å²) in [6.45, 7) is 2.04. The molecule has 2 aromatic carbocycles. The van der Waals surface area contributed by atoms with E-state index in [9.17, 15) is 4.79 Å². The van der Waals surface area contributed by atoms with Gasteiger partial charge in [0, 0.05) is 5.92 Å². The lowest BCUT2D eigenvalue weighted by Gasteiger charge is -2.00. The second kappa shape index (κ2) is 5.92. The number of aryl methyl sites for hydroxylation is 1. The van der Waals surface area contributed by atoms with E-state index < -0.39 is 0 Å². The maximum absolute atomic E-state index is 12.0. The summed E-state index contributed by atoms with van der Waals surface area (Å²) in [7, 11) is 0. The van der Waals surface area contributed by atoms with Crippen LogP contribution in [-0.4, -0.2) is 12.1 Å². The zero-order valence-electron chi connectivity index (χ0n) is 12.0. The largest absolute Gasteiger partial charge is 0.273 e. The molecule has 0 heterocycles. The fraction of sp³-hybridized carbons (Fsp3) is 0.222. The Kier molecular flexibility index (Phi) is 3.82. The topological polar surface area (TPSA) is 41.5 Å². The molecule has 3 rings (SSSR count). The van der Waals surface area contributed by atoms with Gasteiger partial charge in [-0.25, -0.2) is 5.43 Å². The molecule has 0 unspecified atom stereocenters. The lowest BCUT2D eigenvalue weighted by atomic mass is 10.1. The van der Waals surface area contributed by atoms with Gasteiger partial charge in [-0.1, -0.05) is 60.2 Å². The van der Waals surface area contributed by atoms with Crippen molar-refractivity contribution in [1.29, 1.82) is 0 Å². The van der Waals surface area contributed by atoms with Gasteiger partial charge in [-0.3, -0.25) is 4.79 Å². The molecule has 21 heavy (non-hydrogen) atoms. The molecule has 1 amide bonds. The van der Waals surface area contributed by atoms with Crippen LogP contribution in [0.15, 0.2) is 59.7 Å². The first kappa shape index (κ1) is 13.6. The second-order valence-corrected chi connectivity index (χ2v) is 5.50. The number of nitrogens with one attached hydrogen (secondary N) is 1. The van der Waals surface area contributed by atoms with Gasteiger partial charge in [0.15, 0.2) is 0 Å². The molecule has 1 aliphatic rings. The maximum Gasteiger partial charge on any atom is 0.243 e. The van der Waals surface area contributed by atoms with Gasteiger partial charge in [0.1, 0.15) is 0 Å². The van der Waals surface area contributed by atoms with Gasteiger partial charge >= 0.3 is 0 Å². The predicted octanol–water partition coefficient (Wildman–Crippen LogP) is 3.25. The summed E-state index contributed by atoms with van der Waals surface area (Å²) in [6.07, 6.45) is 2.59. The Balaban J connectivity index is 1.53. The van der Waals surface area contributed by atoms with E-state index in [0.717, 1.165) is 12.0 Å². The van der Waals surface area contributed by atoms with Crippen LogP contribution < -0.4 is 5.43 Å². The van der Waals surface area contributed by atoms with Crippen molar-refractivity contribution in [3.63, 3.8) is 0 Å². The summed E-state index contributed by atoms with van der Waals surface area (Å²) in [5, 5.41) is 4.04. The van der Waals surface area contributed by atoms with Crippen LogP contribution in [0.5, 0.6) is 0 Å². The first-order valence-corrected chi connectivity index (χ1v) is 7.18. The molecule has 3 nitrogen and oxygen atoms in total. The van der Waals surface area contributed by atoms with Gasteiger partial charge < -0.3 is 0 Å². The minimum absolute atomic E-state index is 0.00668. The van der Waals surface area contributed by atoms with Gasteiger partial charge in [0.2, 0.25) is 5.91 Å². The van der Waals surface area contributed by atoms with Crippen molar-refractivity contribution >= 4 is 12.1 Å². The van der Waals surface area contributed by atoms with Crippen LogP contribution in [0.3, 0.4) is 0 Å². The zero-order valence-corrected chi connectivity index (χ0v) is 12.0. The van der Waals surface area contributed by atoms with Crippen LogP contribution in [-0.2, 0) is 4.79 Å². The summed E-state index contributed by atoms with van der Waals surface area (Å²) in [5.41, 5.74) is 6.07. The smallest absolute Gasteiger partial charge is 0.243 e. The third kappa shape index (κ3) is 3.37. The number of rotatable bonds is 4. The summed E-state index contributed by atoms with van der Waals surface area (Å²) >= 11 is 0. The van der Waals surface area contributed by atoms with E-state index in [1.165, 1.54) is 11.1 Å². The molecule has 0 radical (unpaired) electrons. The molecule has 1 N–H and O–H groups in total. The summed E-state index contributed by atoms with van der Waals surface area (Å²) in [5.74, 6) is 0.413. The van der Waals surface area contributed by atoms with Crippen molar-refractivity contribution in [1.82, 2.24) is 5.43 Å². The molecule has 2 atom stereocenters. The van der Waals surface area contributed by atoms with E-state index in [0.29, 0.717) is 5.92 Å². The molecule has 1 fully saturated rings. The molecule has 0 aromatic heterocycles. The number of benzene rings is 2. The summed E-state index contributed by atoms with van der Waals surface area (Å²) in [6, 6.07) is 18.2. The lowest BCUT2D eigenvalue weighted by Crippen LogP contribution is -2.20. The molecule has 0 aliphatic heterocycles. The van der Waals surface area contributed by atoms with Gasteiger partial charge in [0.05, 0.1) is 6.21 Å². The Bertz CT molecular complexity index is 647. The summed E-state index contributed by atoms with van der Waals surface area (Å²) in [4.78, 5) is 12.0. The fourth-order valence-electron chi connectivity index (χ4n) is 2.46. The van der Waals surface area contributed by atoms with Gasteiger partial charge in [-0.15, -0.1) is 0 Å². The van der Waals surface area contributed by atoms with Crippen LogP contribution in [0.4, 0.5) is 0 Å². The maximum atomic E-state index is 12.0. The third-order valence-corrected chi connectivity index (χ3v) is 3.82. The molecule has 2 aromatic rings. The number of amides is 1. The minimum Gasteiger partial charge on any atom is -0.273 e. The Hall–Kier alpha value is -2.42. The predicted molar refractivity (Wildman–Crippen MR) is 84.2 cm³/mol. The van der Waals surface area contributed by atoms with Crippen LogP contribution >= 0.6 is 0 Å². The first-order valence-electron chi connectivity index (χ1n) is 7.18. The number of nitrogens with zero attached hydrogens (tertiary/aromatic N) is 1. The molecule has 1 saturated carbocycles. The Morgan fingerprint density at radius 3 is 2.57 bits per heavy atom. The first-order chi connectivity index (χ1) is 10.2. The van der Waals surface area contributed by atoms with Crippen LogP contribution in [0.1, 0.15) is 29.0 Å². The third-order valence-electron chi connectivity index (χ3n) is 3.82. The highest BCUT2D eigenvalue weighted by Crippen LogP contribution is 2.47. The molecule has 0 saturated heterocycles. The van der Waals surface area contributed by atoms with Crippen molar-refractivity contribution in [2.75, 3.05) is 0 Å². The van der Waals surface area contributed by atoms with Gasteiger partial charge in [-0.05, 0) is 30.4 Å². The summed E-state index contributed by atoms with van der Waals surface area (Å²) < 4.78 is 0. The zero-order chi connectivity index (χ0) is 14.7. The highest BCUT2D eigenvalue weighted by molar-refractivity contribution is 5.85. The number of carbonyl (C=O) groups is 1. The highest BCUT2D eigenvalue weighted by Gasteiger charge is 2.43. The molecular weight excluding hydrogens is 260 g/mol. The van der Waals surface area contributed by atoms with Crippen LogP contribution in [0.25, 0.3) is 0 Å². The average Bonchev–Trinajstić information content (AvgIpc) is 3.31. The Labute approximate surface area is 124 Å². The number of hydrazone groups is 1. The SMILES string of the molecule is Cc1ccc(/C=N\NC(=O)[C@H]2C[C@@H]2c2ccccc2)cc1. The van der Waals surface area contributed by atoms with E-state index in [-0.39, 0.29) is 11.8 Å². The van der Waals surface area contributed by atoms with Crippen molar-refractivity contribution in [3.05, 3.63) is 71.3 Å². The van der Waals surface area contributed by atoms with Crippen molar-refractivity contribution in [3.8, 4) is 0 Å². The van der Waals surface area contributed by atoms with E-state index >= 15 is 0 Å². The lowest BCUT2D eigenvalue weighted by molar-refractivity contribution is -0.122. The Morgan fingerprint density at radius 1 is 1.14 bits per heavy atom. The fourth-order valence-corrected chi connectivity index (χ4v) is 2.46. The average molecular weight is 278 g/mol. The molecular formula is C18H18N2O. The molecule has 106 valence electrons. The number of hydrogen-bond acceptors (Lipinski definition) is 2. The van der Waals surface area contributed by atoms with Crippen LogP contribution in [0.2, 0.25) is 0 Å². The second-order valence-electron chi connectivity index (χ2n) is 5.50. The standard InChI is InChI=1S/C18H18N2O/c1-13-7-9-14(10-8-13)12-19-20-18(21)17-11-16(17)15-5-3-2-4-6-15/h2-10,12,16-17H,11H2,1H3,(H,20,21)/b19-12-/t16-,17+/m1/s1. The molecule has 0 bridgehead atoms. The van der Waals surface area contributed by atoms with E-state index in [4.69, 9.17) is 0 Å². The quantitative estimate of drug-likeness (QED) is 0.677. The van der Waals surface area contributed by atoms with Crippen LogP contribution in [0, 0.1) is 12.8 Å². The van der Waals surface area contributed by atoms with E-state index in [1.807, 2.05) is 49.4 Å². The molecule has 1 aliphatic carbocycles. The van der Waals surface area contributed by atoms with Gasteiger partial charge in [0.25, 0.3) is 0 Å². The normalized spacial score (nSPS) is 20.4. The number of hydrogen-bond donors (Lipinski definition) is 1. The highest BCUT2D eigenvalue weighted by atomic mass is 16.2.